The van der Waals surface area contributed by atoms with Crippen LogP contribution in [0.2, 0.25) is 5.28 Å². The van der Waals surface area contributed by atoms with Gasteiger partial charge >= 0.3 is 0 Å². The van der Waals surface area contributed by atoms with Gasteiger partial charge in [-0.2, -0.15) is 20.4 Å². The van der Waals surface area contributed by atoms with Gasteiger partial charge in [-0.15, -0.1) is 0 Å². The molecule has 0 radical (unpaired) electrons. The number of nitrogens with one attached hydrogen (secondary N) is 1. The third-order valence-corrected chi connectivity index (χ3v) is 4.21. The third kappa shape index (κ3) is 15.1. The number of anilines is 1. The molecule has 3 heterocycles. The molecule has 0 saturated carbocycles. The number of hydrazine groups is 1. The molecule has 0 fully saturated rings. The average Bonchev–Trinajstić information content (AvgIpc) is 3.29. The number of allylic oxidation sites excluding steroid dienone is 2. The average molecular weight is 614 g/mol. The number of ether oxygens (including phenoxy) is 1. The number of nitrogens with zero attached hydrogens (tertiary/aromatic N) is 9. The summed E-state index contributed by atoms with van der Waals surface area (Å²) >= 11 is 5.64. The lowest BCUT2D eigenvalue weighted by atomic mass is 10.3. The number of aliphatic hydroxyl groups excluding tert-OH is 1. The molecule has 17 heteroatoms. The van der Waals surface area contributed by atoms with Crippen molar-refractivity contribution < 1.29 is 9.84 Å². The van der Waals surface area contributed by atoms with Gasteiger partial charge in [0, 0.05) is 27.4 Å². The summed E-state index contributed by atoms with van der Waals surface area (Å²) in [6.07, 6.45) is 1.69. The Morgan fingerprint density at radius 1 is 1.23 bits per heavy atom. The van der Waals surface area contributed by atoms with Crippen LogP contribution < -0.4 is 17.0 Å². The number of rotatable bonds is 2. The number of nitrogen functional groups attached to an aromatic ring is 1. The quantitative estimate of drug-likeness (QED) is 0.0479. The van der Waals surface area contributed by atoms with E-state index < -0.39 is 0 Å². The molecule has 0 aliphatic rings. The molecule has 0 amide bonds. The zero-order valence-corrected chi connectivity index (χ0v) is 25.5. The third-order valence-electron chi connectivity index (χ3n) is 4.03. The molecule has 0 atom stereocenters. The zero-order valence-electron chi connectivity index (χ0n) is 23.1. The number of aromatic nitrogens is 6. The molecule has 0 bridgehead atoms. The number of nitriles is 2. The van der Waals surface area contributed by atoms with Crippen LogP contribution >= 0.6 is 11.6 Å². The van der Waals surface area contributed by atoms with Crippen LogP contribution in [0.4, 0.5) is 5.82 Å². The first-order chi connectivity index (χ1) is 17.5. The van der Waals surface area contributed by atoms with Crippen LogP contribution in [0.3, 0.4) is 0 Å². The smallest absolute Gasteiger partial charge is 0.298 e. The van der Waals surface area contributed by atoms with Crippen molar-refractivity contribution in [3.05, 3.63) is 51.3 Å². The molecule has 0 spiro atoms. The zero-order chi connectivity index (χ0) is 29.1. The lowest BCUT2D eigenvalue weighted by molar-refractivity contribution is 0.230. The first kappa shape index (κ1) is 46.3. The molecule has 0 aliphatic carbocycles. The predicted molar refractivity (Wildman–Crippen MR) is 164 cm³/mol. The van der Waals surface area contributed by atoms with Crippen molar-refractivity contribution in [2.75, 3.05) is 26.5 Å². The Labute approximate surface area is 255 Å². The Morgan fingerprint density at radius 3 is 2.08 bits per heavy atom. The largest absolute Gasteiger partial charge is 2.00 e. The minimum atomic E-state index is 0. The van der Waals surface area contributed by atoms with Crippen molar-refractivity contribution in [3.8, 4) is 12.1 Å². The Kier molecular flexibility index (Phi) is 29.8. The van der Waals surface area contributed by atoms with Crippen LogP contribution in [0, 0.1) is 43.1 Å². The summed E-state index contributed by atoms with van der Waals surface area (Å²) in [5.74, 6) is 5.43. The van der Waals surface area contributed by atoms with Crippen molar-refractivity contribution in [2.45, 2.75) is 35.1 Å². The molecule has 3 aromatic rings. The molecule has 0 unspecified atom stereocenters. The summed E-state index contributed by atoms with van der Waals surface area (Å²) in [5, 5.41) is 33.2. The summed E-state index contributed by atoms with van der Waals surface area (Å²) < 4.78 is 8.12. The van der Waals surface area contributed by atoms with Gasteiger partial charge in [-0.05, 0) is 46.3 Å². The maximum Gasteiger partial charge on any atom is 0.298 e. The second-order valence-corrected chi connectivity index (χ2v) is 6.85. The van der Waals surface area contributed by atoms with Crippen molar-refractivity contribution in [1.82, 2.24) is 35.0 Å². The van der Waals surface area contributed by atoms with E-state index in [1.165, 1.54) is 4.68 Å². The minimum absolute atomic E-state index is 0. The number of hydrogen-bond donors (Lipinski definition) is 4. The summed E-state index contributed by atoms with van der Waals surface area (Å²) in [4.78, 5) is 10.9. The van der Waals surface area contributed by atoms with E-state index in [1.54, 1.807) is 44.9 Å². The van der Waals surface area contributed by atoms with Crippen LogP contribution in [-0.2, 0) is 45.8 Å². The number of halogens is 1. The fraction of sp³-hybridized carbons (Fsp3) is 0.435. The first-order valence-corrected chi connectivity index (χ1v) is 10.8. The highest BCUT2D eigenvalue weighted by Gasteiger charge is 2.08. The maximum absolute atomic E-state index is 8.53. The van der Waals surface area contributed by atoms with Gasteiger partial charge in [0.25, 0.3) is 5.70 Å². The van der Waals surface area contributed by atoms with E-state index in [0.29, 0.717) is 29.4 Å². The van der Waals surface area contributed by atoms with Crippen LogP contribution in [0.5, 0.6) is 0 Å². The highest BCUT2D eigenvalue weighted by Crippen LogP contribution is 2.15. The fourth-order valence-electron chi connectivity index (χ4n) is 2.46. The molecule has 40 heavy (non-hydrogen) atoms. The monoisotopic (exact) mass is 613 g/mol. The SMILES string of the molecule is C.CNN.CO.Cc1nn(C)c(N)c1C#N.Cc1nn(C)c2nc(Cl)ncc12.[C-]#[N+]/C(C#N)=C(\C)OCC.[S-2].[SH-]. The molecule has 224 valence electrons. The van der Waals surface area contributed by atoms with Gasteiger partial charge in [-0.3, -0.25) is 20.6 Å². The second kappa shape index (κ2) is 25.7. The lowest BCUT2D eigenvalue weighted by Gasteiger charge is -2.00. The van der Waals surface area contributed by atoms with E-state index in [0.717, 1.165) is 23.8 Å². The van der Waals surface area contributed by atoms with Crippen molar-refractivity contribution in [3.63, 3.8) is 0 Å². The van der Waals surface area contributed by atoms with Crippen molar-refractivity contribution >= 4 is 55.4 Å². The molecule has 3 aromatic heterocycles. The molecule has 0 aromatic carbocycles. The van der Waals surface area contributed by atoms with Crippen LogP contribution in [0.25, 0.3) is 15.9 Å². The van der Waals surface area contributed by atoms with Gasteiger partial charge in [-0.1, -0.05) is 7.43 Å². The van der Waals surface area contributed by atoms with Gasteiger partial charge in [0.1, 0.15) is 23.2 Å². The number of aryl methyl sites for hydroxylation is 4. The predicted octanol–water partition coefficient (Wildman–Crippen LogP) is 2.26. The molecule has 14 nitrogen and oxygen atoms in total. The first-order valence-electron chi connectivity index (χ1n) is 10.5. The van der Waals surface area contributed by atoms with E-state index >= 15 is 0 Å². The van der Waals surface area contributed by atoms with Gasteiger partial charge in [0.15, 0.2) is 5.65 Å². The van der Waals surface area contributed by atoms with E-state index in [1.807, 2.05) is 27.0 Å². The Balaban J connectivity index is -0.000000137. The molecular weight excluding hydrogens is 576 g/mol. The summed E-state index contributed by atoms with van der Waals surface area (Å²) in [6.45, 7) is 14.1. The molecule has 3 rings (SSSR count). The van der Waals surface area contributed by atoms with Crippen LogP contribution in [0.1, 0.15) is 38.2 Å². The van der Waals surface area contributed by atoms with Crippen LogP contribution in [0.15, 0.2) is 17.7 Å². The van der Waals surface area contributed by atoms with E-state index in [-0.39, 0.29) is 45.4 Å². The molecule has 6 N–H and O–H groups in total. The van der Waals surface area contributed by atoms with E-state index in [4.69, 9.17) is 44.3 Å². The second-order valence-electron chi connectivity index (χ2n) is 6.52. The number of nitrogens with two attached hydrogens (primary N) is 2. The number of aliphatic hydroxyl groups is 1. The van der Waals surface area contributed by atoms with Gasteiger partial charge < -0.3 is 42.6 Å². The topological polar surface area (TPSA) is 207 Å². The maximum atomic E-state index is 8.53. The van der Waals surface area contributed by atoms with Crippen molar-refractivity contribution in [1.29, 1.82) is 10.5 Å². The lowest BCUT2D eigenvalue weighted by Crippen LogP contribution is -2.13. The van der Waals surface area contributed by atoms with Crippen molar-refractivity contribution in [2.24, 2.45) is 19.9 Å². The molecular formula is C23H38ClN12O2S2-3. The molecule has 0 aliphatic heterocycles. The van der Waals surface area contributed by atoms with Crippen LogP contribution in [-0.4, -0.2) is 55.4 Å². The number of thiol groups is 1. The number of fused-ring (bicyclic) bond motifs is 1. The van der Waals surface area contributed by atoms with Gasteiger partial charge in [0.2, 0.25) is 5.28 Å². The normalized spacial score (nSPS) is 8.90. The fourth-order valence-corrected chi connectivity index (χ4v) is 2.59. The highest BCUT2D eigenvalue weighted by molar-refractivity contribution is 7.37. The summed E-state index contributed by atoms with van der Waals surface area (Å²) in [5.41, 5.74) is 10.6. The summed E-state index contributed by atoms with van der Waals surface area (Å²) in [6, 6.07) is 3.71. The Hall–Kier alpha value is -3.56. The van der Waals surface area contributed by atoms with E-state index in [9.17, 15) is 0 Å². The standard InChI is InChI=1S/C7H7ClN4.C7H8N2O.C6H8N4.CH6N2.CH4O.CH4.H2S.S/c1-4-5-3-9-7(8)10-6(5)12(2)11-4;1-4-10-6(2)7(5-8)9-3;1-4-5(3-7)6(8)10(2)9-4;1-3-2;1-2;;;/h3H,1-2H3;4H2,1-2H3;8H2,1-2H3;3H,2H2,1H3;2H,1H3;1H4;1H2;/q;;;;;;;-2/p-1/b;7-6+;;;;;;. The highest BCUT2D eigenvalue weighted by atomic mass is 35.5. The van der Waals surface area contributed by atoms with Gasteiger partial charge in [0.05, 0.1) is 36.0 Å². The molecule has 0 saturated heterocycles. The van der Waals surface area contributed by atoms with Gasteiger partial charge in [-0.25, -0.2) is 15.1 Å². The minimum Gasteiger partial charge on any atom is -2.00 e. The Bertz CT molecular complexity index is 1270. The summed E-state index contributed by atoms with van der Waals surface area (Å²) in [7, 11) is 6.20. The Morgan fingerprint density at radius 2 is 1.73 bits per heavy atom. The van der Waals surface area contributed by atoms with E-state index in [2.05, 4.69) is 36.3 Å². The number of hydrogen-bond acceptors (Lipinski definition) is 12.